The number of carbonyl (C=O) groups excluding carboxylic acids is 1. The third-order valence-electron chi connectivity index (χ3n) is 3.09. The van der Waals surface area contributed by atoms with Crippen LogP contribution in [0.3, 0.4) is 0 Å². The summed E-state index contributed by atoms with van der Waals surface area (Å²) in [5.74, 6) is -0.722. The van der Waals surface area contributed by atoms with E-state index in [0.29, 0.717) is 6.54 Å². The molecule has 6 heteroatoms. The second-order valence-electron chi connectivity index (χ2n) is 4.51. The van der Waals surface area contributed by atoms with Gasteiger partial charge in [-0.1, -0.05) is 12.1 Å². The monoisotopic (exact) mass is 276 g/mol. The first-order chi connectivity index (χ1) is 9.58. The van der Waals surface area contributed by atoms with Gasteiger partial charge in [0.2, 0.25) is 5.91 Å². The maximum absolute atomic E-state index is 13.3. The zero-order valence-electron chi connectivity index (χ0n) is 11.5. The predicted octanol–water partition coefficient (Wildman–Crippen LogP) is 1.60. The van der Waals surface area contributed by atoms with E-state index in [1.54, 1.807) is 23.0 Å². The van der Waals surface area contributed by atoms with E-state index in [4.69, 9.17) is 0 Å². The molecule has 0 aliphatic rings. The van der Waals surface area contributed by atoms with E-state index < -0.39 is 5.82 Å². The molecule has 0 unspecified atom stereocenters. The summed E-state index contributed by atoms with van der Waals surface area (Å²) >= 11 is 0. The molecular formula is C14H17FN4O. The molecule has 0 saturated carbocycles. The first-order valence-electron chi connectivity index (χ1n) is 6.30. The zero-order chi connectivity index (χ0) is 14.5. The number of carbonyl (C=O) groups is 1. The molecule has 0 atom stereocenters. The van der Waals surface area contributed by atoms with Crippen LogP contribution in [0.5, 0.6) is 0 Å². The standard InChI is InChI=1S/C14H17FN4O/c1-10-11(8-17-19(10)2)7-16-9-14(20)18-13-6-4-3-5-12(13)15/h3-6,8,16H,7,9H2,1-2H3,(H,18,20). The molecule has 1 aromatic carbocycles. The number of hydrogen-bond acceptors (Lipinski definition) is 3. The van der Waals surface area contributed by atoms with E-state index in [1.807, 2.05) is 14.0 Å². The Labute approximate surface area is 116 Å². The van der Waals surface area contributed by atoms with E-state index in [-0.39, 0.29) is 18.1 Å². The number of anilines is 1. The number of aromatic nitrogens is 2. The molecule has 0 bridgehead atoms. The summed E-state index contributed by atoms with van der Waals surface area (Å²) in [6, 6.07) is 6.08. The summed E-state index contributed by atoms with van der Waals surface area (Å²) in [7, 11) is 1.86. The van der Waals surface area contributed by atoms with E-state index in [0.717, 1.165) is 11.3 Å². The fourth-order valence-corrected chi connectivity index (χ4v) is 1.79. The number of para-hydroxylation sites is 1. The minimum Gasteiger partial charge on any atom is -0.322 e. The van der Waals surface area contributed by atoms with Gasteiger partial charge in [-0.15, -0.1) is 0 Å². The van der Waals surface area contributed by atoms with Crippen molar-refractivity contribution >= 4 is 11.6 Å². The number of amides is 1. The summed E-state index contributed by atoms with van der Waals surface area (Å²) in [4.78, 5) is 11.7. The molecule has 5 nitrogen and oxygen atoms in total. The van der Waals surface area contributed by atoms with E-state index in [9.17, 15) is 9.18 Å². The van der Waals surface area contributed by atoms with Gasteiger partial charge < -0.3 is 10.6 Å². The van der Waals surface area contributed by atoms with Crippen LogP contribution < -0.4 is 10.6 Å². The molecule has 0 radical (unpaired) electrons. The second-order valence-corrected chi connectivity index (χ2v) is 4.51. The Morgan fingerprint density at radius 3 is 2.80 bits per heavy atom. The average molecular weight is 276 g/mol. The largest absolute Gasteiger partial charge is 0.322 e. The number of aryl methyl sites for hydroxylation is 1. The van der Waals surface area contributed by atoms with Crippen molar-refractivity contribution in [3.05, 3.63) is 47.5 Å². The van der Waals surface area contributed by atoms with Gasteiger partial charge in [-0.05, 0) is 19.1 Å². The molecule has 2 aromatic rings. The third kappa shape index (κ3) is 3.42. The van der Waals surface area contributed by atoms with Gasteiger partial charge in [0.1, 0.15) is 5.82 Å². The highest BCUT2D eigenvalue weighted by molar-refractivity contribution is 5.92. The number of nitrogens with zero attached hydrogens (tertiary/aromatic N) is 2. The van der Waals surface area contributed by atoms with Gasteiger partial charge in [0, 0.05) is 24.8 Å². The minimum absolute atomic E-state index is 0.114. The van der Waals surface area contributed by atoms with Crippen LogP contribution in [0.1, 0.15) is 11.3 Å². The number of rotatable bonds is 5. The maximum Gasteiger partial charge on any atom is 0.238 e. The van der Waals surface area contributed by atoms with Crippen LogP contribution in [-0.4, -0.2) is 22.2 Å². The molecule has 20 heavy (non-hydrogen) atoms. The molecule has 1 heterocycles. The minimum atomic E-state index is -0.441. The lowest BCUT2D eigenvalue weighted by atomic mass is 10.2. The summed E-state index contributed by atoms with van der Waals surface area (Å²) < 4.78 is 15.1. The summed E-state index contributed by atoms with van der Waals surface area (Å²) in [5.41, 5.74) is 2.27. The van der Waals surface area contributed by atoms with Crippen molar-refractivity contribution in [2.24, 2.45) is 7.05 Å². The highest BCUT2D eigenvalue weighted by atomic mass is 19.1. The van der Waals surface area contributed by atoms with Crippen LogP contribution >= 0.6 is 0 Å². The van der Waals surface area contributed by atoms with Gasteiger partial charge >= 0.3 is 0 Å². The lowest BCUT2D eigenvalue weighted by Crippen LogP contribution is -2.28. The normalized spacial score (nSPS) is 10.6. The molecule has 0 saturated heterocycles. The van der Waals surface area contributed by atoms with Crippen LogP contribution in [0.15, 0.2) is 30.5 Å². The van der Waals surface area contributed by atoms with Crippen molar-refractivity contribution in [2.45, 2.75) is 13.5 Å². The third-order valence-corrected chi connectivity index (χ3v) is 3.09. The highest BCUT2D eigenvalue weighted by Crippen LogP contribution is 2.11. The number of benzene rings is 1. The van der Waals surface area contributed by atoms with E-state index >= 15 is 0 Å². The van der Waals surface area contributed by atoms with Crippen LogP contribution in [0.4, 0.5) is 10.1 Å². The molecule has 2 rings (SSSR count). The Morgan fingerprint density at radius 2 is 2.15 bits per heavy atom. The number of nitrogens with one attached hydrogen (secondary N) is 2. The van der Waals surface area contributed by atoms with Crippen molar-refractivity contribution in [3.63, 3.8) is 0 Å². The van der Waals surface area contributed by atoms with Crippen LogP contribution in [0.25, 0.3) is 0 Å². The van der Waals surface area contributed by atoms with Crippen molar-refractivity contribution in [1.82, 2.24) is 15.1 Å². The van der Waals surface area contributed by atoms with Crippen molar-refractivity contribution in [2.75, 3.05) is 11.9 Å². The predicted molar refractivity (Wildman–Crippen MR) is 74.7 cm³/mol. The van der Waals surface area contributed by atoms with Crippen molar-refractivity contribution in [1.29, 1.82) is 0 Å². The summed E-state index contributed by atoms with van der Waals surface area (Å²) in [6.07, 6.45) is 1.76. The summed E-state index contributed by atoms with van der Waals surface area (Å²) in [6.45, 7) is 2.62. The van der Waals surface area contributed by atoms with Crippen LogP contribution in [-0.2, 0) is 18.4 Å². The Kier molecular flexibility index (Phi) is 4.47. The molecule has 1 amide bonds. The smallest absolute Gasteiger partial charge is 0.238 e. The van der Waals surface area contributed by atoms with Gasteiger partial charge in [0.25, 0.3) is 0 Å². The van der Waals surface area contributed by atoms with Gasteiger partial charge in [0.05, 0.1) is 18.4 Å². The van der Waals surface area contributed by atoms with Gasteiger partial charge in [-0.2, -0.15) is 5.10 Å². The second kappa shape index (κ2) is 6.29. The average Bonchev–Trinajstić information content (AvgIpc) is 2.73. The van der Waals surface area contributed by atoms with Crippen LogP contribution in [0, 0.1) is 12.7 Å². The van der Waals surface area contributed by atoms with Gasteiger partial charge in [-0.25, -0.2) is 4.39 Å². The fourth-order valence-electron chi connectivity index (χ4n) is 1.79. The fraction of sp³-hybridized carbons (Fsp3) is 0.286. The Balaban J connectivity index is 1.81. The first-order valence-corrected chi connectivity index (χ1v) is 6.30. The molecule has 2 N–H and O–H groups in total. The first kappa shape index (κ1) is 14.2. The van der Waals surface area contributed by atoms with Gasteiger partial charge in [0.15, 0.2) is 0 Å². The molecule has 0 spiro atoms. The SMILES string of the molecule is Cc1c(CNCC(=O)Nc2ccccc2F)cnn1C. The maximum atomic E-state index is 13.3. The molecule has 106 valence electrons. The Morgan fingerprint density at radius 1 is 1.40 bits per heavy atom. The topological polar surface area (TPSA) is 59.0 Å². The molecular weight excluding hydrogens is 259 g/mol. The Hall–Kier alpha value is -2.21. The number of hydrogen-bond donors (Lipinski definition) is 2. The van der Waals surface area contributed by atoms with Gasteiger partial charge in [-0.3, -0.25) is 9.48 Å². The molecule has 0 aliphatic carbocycles. The molecule has 0 aliphatic heterocycles. The highest BCUT2D eigenvalue weighted by Gasteiger charge is 2.07. The number of halogens is 1. The van der Waals surface area contributed by atoms with E-state index in [2.05, 4.69) is 15.7 Å². The molecule has 0 fully saturated rings. The quantitative estimate of drug-likeness (QED) is 0.872. The summed E-state index contributed by atoms with van der Waals surface area (Å²) in [5, 5.41) is 9.65. The van der Waals surface area contributed by atoms with Crippen molar-refractivity contribution < 1.29 is 9.18 Å². The van der Waals surface area contributed by atoms with E-state index in [1.165, 1.54) is 12.1 Å². The Bertz CT molecular complexity index is 609. The van der Waals surface area contributed by atoms with Crippen molar-refractivity contribution in [3.8, 4) is 0 Å². The van der Waals surface area contributed by atoms with Crippen LogP contribution in [0.2, 0.25) is 0 Å². The lowest BCUT2D eigenvalue weighted by molar-refractivity contribution is -0.115. The lowest BCUT2D eigenvalue weighted by Gasteiger charge is -2.07. The molecule has 1 aromatic heterocycles. The zero-order valence-corrected chi connectivity index (χ0v) is 11.5.